The van der Waals surface area contributed by atoms with Crippen molar-refractivity contribution in [3.63, 3.8) is 0 Å². The van der Waals surface area contributed by atoms with Gasteiger partial charge in [0, 0.05) is 18.7 Å². The first-order valence-electron chi connectivity index (χ1n) is 6.81. The van der Waals surface area contributed by atoms with Crippen LogP contribution in [0.4, 0.5) is 4.79 Å². The minimum atomic E-state index is -3.54. The van der Waals surface area contributed by atoms with Gasteiger partial charge in [-0.05, 0) is 37.1 Å². The number of hydrogen-bond acceptors (Lipinski definition) is 4. The van der Waals surface area contributed by atoms with E-state index in [4.69, 9.17) is 5.11 Å². The van der Waals surface area contributed by atoms with E-state index in [0.29, 0.717) is 13.1 Å². The molecule has 0 atom stereocenters. The largest absolute Gasteiger partial charge is 0.464 e. The number of carboxylic acid groups (broad SMARTS) is 1. The first-order valence-corrected chi connectivity index (χ1v) is 8.25. The molecule has 120 valence electrons. The van der Waals surface area contributed by atoms with E-state index in [1.165, 1.54) is 28.6 Å². The summed E-state index contributed by atoms with van der Waals surface area (Å²) in [6.07, 6.45) is 1.33. The number of rotatable bonds is 3. The average Bonchev–Trinajstić information content (AvgIpc) is 2.53. The maximum atomic E-state index is 12.4. The van der Waals surface area contributed by atoms with Crippen LogP contribution in [-0.4, -0.2) is 42.9 Å². The van der Waals surface area contributed by atoms with Crippen LogP contribution in [0.15, 0.2) is 29.2 Å². The minimum absolute atomic E-state index is 0.122. The maximum absolute atomic E-state index is 12.4. The molecule has 1 aromatic rings. The highest BCUT2D eigenvalue weighted by Gasteiger charge is 2.25. The van der Waals surface area contributed by atoms with Crippen LogP contribution < -0.4 is 10.9 Å². The zero-order chi connectivity index (χ0) is 16.2. The summed E-state index contributed by atoms with van der Waals surface area (Å²) >= 11 is 0. The van der Waals surface area contributed by atoms with E-state index in [-0.39, 0.29) is 10.5 Å². The molecular weight excluding hydrogens is 310 g/mol. The Hall–Kier alpha value is -2.13. The van der Waals surface area contributed by atoms with E-state index >= 15 is 0 Å². The molecule has 0 unspecified atom stereocenters. The lowest BCUT2D eigenvalue weighted by atomic mass is 10.2. The SMILES string of the molecule is O=C(O)NNC(=O)c1ccc(S(=O)(=O)N2CCCCC2)cc1. The molecule has 0 aromatic heterocycles. The molecule has 1 fully saturated rings. The van der Waals surface area contributed by atoms with Crippen LogP contribution >= 0.6 is 0 Å². The molecule has 2 amide bonds. The molecule has 22 heavy (non-hydrogen) atoms. The molecule has 1 heterocycles. The van der Waals surface area contributed by atoms with E-state index in [1.54, 1.807) is 5.43 Å². The van der Waals surface area contributed by atoms with Crippen molar-refractivity contribution in [1.29, 1.82) is 0 Å². The number of nitrogens with zero attached hydrogens (tertiary/aromatic N) is 1. The van der Waals surface area contributed by atoms with Gasteiger partial charge in [-0.15, -0.1) is 0 Å². The Kier molecular flexibility index (Phi) is 4.99. The van der Waals surface area contributed by atoms with Gasteiger partial charge in [-0.2, -0.15) is 4.31 Å². The van der Waals surface area contributed by atoms with Gasteiger partial charge in [0.2, 0.25) is 10.0 Å². The van der Waals surface area contributed by atoms with Gasteiger partial charge >= 0.3 is 6.09 Å². The van der Waals surface area contributed by atoms with Crippen LogP contribution in [0.5, 0.6) is 0 Å². The van der Waals surface area contributed by atoms with Crippen molar-refractivity contribution >= 4 is 22.0 Å². The summed E-state index contributed by atoms with van der Waals surface area (Å²) < 4.78 is 26.3. The molecular formula is C13H17N3O5S. The summed E-state index contributed by atoms with van der Waals surface area (Å²) in [5.41, 5.74) is 3.86. The molecule has 0 radical (unpaired) electrons. The van der Waals surface area contributed by atoms with Crippen LogP contribution in [0.3, 0.4) is 0 Å². The molecule has 1 saturated heterocycles. The van der Waals surface area contributed by atoms with Crippen LogP contribution in [0.25, 0.3) is 0 Å². The topological polar surface area (TPSA) is 116 Å². The van der Waals surface area contributed by atoms with Gasteiger partial charge < -0.3 is 5.11 Å². The Balaban J connectivity index is 2.10. The lowest BCUT2D eigenvalue weighted by Crippen LogP contribution is -2.40. The van der Waals surface area contributed by atoms with E-state index < -0.39 is 22.0 Å². The Labute approximate surface area is 128 Å². The fraction of sp³-hybridized carbons (Fsp3) is 0.385. The summed E-state index contributed by atoms with van der Waals surface area (Å²) in [6.45, 7) is 1.01. The van der Waals surface area contributed by atoms with Crippen LogP contribution in [0.1, 0.15) is 29.6 Å². The molecule has 9 heteroatoms. The molecule has 0 saturated carbocycles. The number of carbonyl (C=O) groups is 2. The third kappa shape index (κ3) is 3.74. The van der Waals surface area contributed by atoms with Crippen molar-refractivity contribution in [3.8, 4) is 0 Å². The van der Waals surface area contributed by atoms with E-state index in [9.17, 15) is 18.0 Å². The normalized spacial score (nSPS) is 16.0. The van der Waals surface area contributed by atoms with Crippen molar-refractivity contribution < 1.29 is 23.1 Å². The molecule has 0 aliphatic carbocycles. The lowest BCUT2D eigenvalue weighted by Gasteiger charge is -2.25. The van der Waals surface area contributed by atoms with Crippen LogP contribution in [0, 0.1) is 0 Å². The molecule has 1 aromatic carbocycles. The third-order valence-electron chi connectivity index (χ3n) is 3.35. The standard InChI is InChI=1S/C13H17N3O5S/c17-12(14-15-13(18)19)10-4-6-11(7-5-10)22(20,21)16-8-2-1-3-9-16/h4-7,15H,1-3,8-9H2,(H,14,17)(H,18,19). The summed E-state index contributed by atoms with van der Waals surface area (Å²) in [7, 11) is -3.54. The highest BCUT2D eigenvalue weighted by atomic mass is 32.2. The van der Waals surface area contributed by atoms with E-state index in [0.717, 1.165) is 19.3 Å². The first-order chi connectivity index (χ1) is 10.4. The smallest absolute Gasteiger partial charge is 0.423 e. The predicted octanol–water partition coefficient (Wildman–Crippen LogP) is 0.774. The number of piperidine rings is 1. The van der Waals surface area contributed by atoms with Gasteiger partial charge in [0.1, 0.15) is 0 Å². The fourth-order valence-corrected chi connectivity index (χ4v) is 3.73. The van der Waals surface area contributed by atoms with Gasteiger partial charge in [-0.3, -0.25) is 10.2 Å². The van der Waals surface area contributed by atoms with Crippen molar-refractivity contribution in [2.24, 2.45) is 0 Å². The summed E-state index contributed by atoms with van der Waals surface area (Å²) in [5, 5.41) is 8.39. The summed E-state index contributed by atoms with van der Waals surface area (Å²) in [6, 6.07) is 5.38. The number of nitrogens with one attached hydrogen (secondary N) is 2. The van der Waals surface area contributed by atoms with E-state index in [1.807, 2.05) is 5.43 Å². The molecule has 3 N–H and O–H groups in total. The van der Waals surface area contributed by atoms with Gasteiger partial charge in [0.15, 0.2) is 0 Å². The second-order valence-electron chi connectivity index (χ2n) is 4.87. The van der Waals surface area contributed by atoms with Crippen molar-refractivity contribution in [2.75, 3.05) is 13.1 Å². The second kappa shape index (κ2) is 6.75. The molecule has 2 rings (SSSR count). The third-order valence-corrected chi connectivity index (χ3v) is 5.27. The molecule has 0 spiro atoms. The number of hydrogen-bond donors (Lipinski definition) is 3. The zero-order valence-corrected chi connectivity index (χ0v) is 12.6. The predicted molar refractivity (Wildman–Crippen MR) is 77.7 cm³/mol. The molecule has 1 aliphatic heterocycles. The Bertz CT molecular complexity index is 651. The van der Waals surface area contributed by atoms with Crippen LogP contribution in [0.2, 0.25) is 0 Å². The van der Waals surface area contributed by atoms with Gasteiger partial charge in [-0.1, -0.05) is 6.42 Å². The zero-order valence-electron chi connectivity index (χ0n) is 11.8. The quantitative estimate of drug-likeness (QED) is 0.709. The number of sulfonamides is 1. The maximum Gasteiger partial charge on any atom is 0.423 e. The van der Waals surface area contributed by atoms with Crippen LogP contribution in [-0.2, 0) is 10.0 Å². The molecule has 1 aliphatic rings. The highest BCUT2D eigenvalue weighted by Crippen LogP contribution is 2.20. The number of hydrazine groups is 1. The van der Waals surface area contributed by atoms with Crippen molar-refractivity contribution in [3.05, 3.63) is 29.8 Å². The molecule has 8 nitrogen and oxygen atoms in total. The highest BCUT2D eigenvalue weighted by molar-refractivity contribution is 7.89. The summed E-state index contributed by atoms with van der Waals surface area (Å²) in [4.78, 5) is 22.0. The monoisotopic (exact) mass is 327 g/mol. The number of carbonyl (C=O) groups excluding carboxylic acids is 1. The minimum Gasteiger partial charge on any atom is -0.464 e. The Morgan fingerprint density at radius 3 is 2.14 bits per heavy atom. The van der Waals surface area contributed by atoms with Gasteiger partial charge in [0.05, 0.1) is 4.90 Å². The average molecular weight is 327 g/mol. The number of amides is 2. The Morgan fingerprint density at radius 1 is 1.00 bits per heavy atom. The number of benzene rings is 1. The first kappa shape index (κ1) is 16.2. The van der Waals surface area contributed by atoms with E-state index in [2.05, 4.69) is 0 Å². The molecule has 0 bridgehead atoms. The fourth-order valence-electron chi connectivity index (χ4n) is 2.22. The van der Waals surface area contributed by atoms with Gasteiger partial charge in [0.25, 0.3) is 5.91 Å². The Morgan fingerprint density at radius 2 is 1.59 bits per heavy atom. The lowest BCUT2D eigenvalue weighted by molar-refractivity contribution is 0.0926. The van der Waals surface area contributed by atoms with Gasteiger partial charge in [-0.25, -0.2) is 18.6 Å². The van der Waals surface area contributed by atoms with Crippen molar-refractivity contribution in [2.45, 2.75) is 24.2 Å². The second-order valence-corrected chi connectivity index (χ2v) is 6.81. The summed E-state index contributed by atoms with van der Waals surface area (Å²) in [5.74, 6) is -0.663. The van der Waals surface area contributed by atoms with Crippen molar-refractivity contribution in [1.82, 2.24) is 15.2 Å².